The summed E-state index contributed by atoms with van der Waals surface area (Å²) in [7, 11) is 0. The molecule has 0 aliphatic carbocycles. The lowest BCUT2D eigenvalue weighted by Crippen LogP contribution is -2.57. The molecule has 0 unspecified atom stereocenters. The summed E-state index contributed by atoms with van der Waals surface area (Å²) in [5.74, 6) is -0.280. The summed E-state index contributed by atoms with van der Waals surface area (Å²) >= 11 is 0. The zero-order chi connectivity index (χ0) is 21.1. The number of pyridine rings is 1. The Balaban J connectivity index is 2.34. The lowest BCUT2D eigenvalue weighted by molar-refractivity contribution is -0.384. The van der Waals surface area contributed by atoms with Gasteiger partial charge < -0.3 is 9.64 Å². The molecule has 28 heavy (non-hydrogen) atoms. The molecule has 1 saturated heterocycles. The monoisotopic (exact) mass is 392 g/mol. The van der Waals surface area contributed by atoms with Crippen molar-refractivity contribution in [3.8, 4) is 0 Å². The van der Waals surface area contributed by atoms with E-state index in [-0.39, 0.29) is 23.9 Å². The summed E-state index contributed by atoms with van der Waals surface area (Å²) in [6.07, 6.45) is 2.88. The fourth-order valence-corrected chi connectivity index (χ4v) is 3.29. The maximum absolute atomic E-state index is 12.8. The minimum Gasteiger partial charge on any atom is -0.443 e. The van der Waals surface area contributed by atoms with E-state index in [1.54, 1.807) is 33.8 Å². The minimum atomic E-state index is -0.731. The van der Waals surface area contributed by atoms with Gasteiger partial charge in [-0.3, -0.25) is 19.9 Å². The highest BCUT2D eigenvalue weighted by Gasteiger charge is 2.39. The summed E-state index contributed by atoms with van der Waals surface area (Å²) in [4.78, 5) is 43.1. The van der Waals surface area contributed by atoms with Crippen LogP contribution in [0.15, 0.2) is 18.5 Å². The Hall–Kier alpha value is -2.71. The highest BCUT2D eigenvalue weighted by atomic mass is 16.6. The van der Waals surface area contributed by atoms with Gasteiger partial charge in [0.25, 0.3) is 0 Å². The van der Waals surface area contributed by atoms with E-state index in [4.69, 9.17) is 4.74 Å². The van der Waals surface area contributed by atoms with E-state index >= 15 is 0 Å². The van der Waals surface area contributed by atoms with Crippen molar-refractivity contribution < 1.29 is 19.2 Å². The van der Waals surface area contributed by atoms with Gasteiger partial charge in [-0.2, -0.15) is 0 Å². The van der Waals surface area contributed by atoms with Gasteiger partial charge in [-0.25, -0.2) is 9.69 Å². The summed E-state index contributed by atoms with van der Waals surface area (Å²) in [6.45, 7) is 9.80. The van der Waals surface area contributed by atoms with E-state index in [0.717, 1.165) is 0 Å². The highest BCUT2D eigenvalue weighted by molar-refractivity contribution is 5.92. The first-order valence-electron chi connectivity index (χ1n) is 9.43. The number of anilines is 1. The highest BCUT2D eigenvalue weighted by Crippen LogP contribution is 2.32. The van der Waals surface area contributed by atoms with Crippen LogP contribution < -0.4 is 4.90 Å². The van der Waals surface area contributed by atoms with Crippen LogP contribution in [0.2, 0.25) is 0 Å². The molecule has 0 aromatic carbocycles. The third kappa shape index (κ3) is 4.96. The van der Waals surface area contributed by atoms with Crippen molar-refractivity contribution in [1.82, 2.24) is 9.88 Å². The molecule has 1 aromatic rings. The van der Waals surface area contributed by atoms with Crippen LogP contribution in [-0.2, 0) is 9.53 Å². The minimum absolute atomic E-state index is 0.0418. The fraction of sp³-hybridized carbons (Fsp3) is 0.632. The summed E-state index contributed by atoms with van der Waals surface area (Å²) in [5.41, 5.74) is -0.392. The number of carbonyl (C=O) groups is 2. The van der Waals surface area contributed by atoms with Crippen LogP contribution in [-0.4, -0.2) is 51.5 Å². The second-order valence-corrected chi connectivity index (χ2v) is 8.00. The van der Waals surface area contributed by atoms with Gasteiger partial charge in [0.15, 0.2) is 0 Å². The Bertz CT molecular complexity index is 746. The molecule has 1 aromatic heterocycles. The molecule has 0 saturated carbocycles. The number of rotatable bonds is 4. The predicted molar refractivity (Wildman–Crippen MR) is 104 cm³/mol. The molecule has 0 spiro atoms. The maximum Gasteiger partial charge on any atom is 0.417 e. The van der Waals surface area contributed by atoms with Gasteiger partial charge in [-0.05, 0) is 39.2 Å². The van der Waals surface area contributed by atoms with Crippen molar-refractivity contribution >= 4 is 23.4 Å². The third-order valence-corrected chi connectivity index (χ3v) is 4.73. The lowest BCUT2D eigenvalue weighted by atomic mass is 9.91. The number of nitro groups is 1. The summed E-state index contributed by atoms with van der Waals surface area (Å²) in [6, 6.07) is 1.15. The Morgan fingerprint density at radius 2 is 2.11 bits per heavy atom. The number of hydrogen-bond acceptors (Lipinski definition) is 7. The van der Waals surface area contributed by atoms with Crippen LogP contribution >= 0.6 is 0 Å². The molecule has 1 aliphatic rings. The zero-order valence-corrected chi connectivity index (χ0v) is 17.0. The number of aromatic nitrogens is 1. The van der Waals surface area contributed by atoms with Gasteiger partial charge in [-0.15, -0.1) is 0 Å². The van der Waals surface area contributed by atoms with Crippen LogP contribution in [0, 0.1) is 16.0 Å². The quantitative estimate of drug-likeness (QED) is 0.571. The van der Waals surface area contributed by atoms with E-state index < -0.39 is 22.7 Å². The van der Waals surface area contributed by atoms with Crippen LogP contribution in [0.25, 0.3) is 0 Å². The second-order valence-electron chi connectivity index (χ2n) is 8.00. The van der Waals surface area contributed by atoms with Crippen LogP contribution in [0.3, 0.4) is 0 Å². The molecule has 2 atom stereocenters. The fourth-order valence-electron chi connectivity index (χ4n) is 3.29. The second kappa shape index (κ2) is 8.53. The molecule has 0 radical (unpaired) electrons. The van der Waals surface area contributed by atoms with Gasteiger partial charge in [0.2, 0.25) is 5.91 Å². The Morgan fingerprint density at radius 3 is 2.68 bits per heavy atom. The van der Waals surface area contributed by atoms with Crippen molar-refractivity contribution in [3.05, 3.63) is 28.6 Å². The normalized spacial score (nSPS) is 19.8. The molecule has 2 amide bonds. The largest absolute Gasteiger partial charge is 0.443 e. The molecular formula is C19H28N4O5. The molecule has 154 valence electrons. The predicted octanol–water partition coefficient (Wildman–Crippen LogP) is 3.38. The van der Waals surface area contributed by atoms with E-state index in [9.17, 15) is 19.7 Å². The molecule has 9 heteroatoms. The first kappa shape index (κ1) is 21.6. The topological polar surface area (TPSA) is 106 Å². The van der Waals surface area contributed by atoms with Gasteiger partial charge in [0, 0.05) is 25.7 Å². The average molecular weight is 392 g/mol. The average Bonchev–Trinajstić information content (AvgIpc) is 2.61. The molecule has 2 heterocycles. The molecule has 0 N–H and O–H groups in total. The van der Waals surface area contributed by atoms with Crippen LogP contribution in [0.4, 0.5) is 16.2 Å². The van der Waals surface area contributed by atoms with Gasteiger partial charge >= 0.3 is 11.8 Å². The van der Waals surface area contributed by atoms with E-state index in [1.807, 2.05) is 11.8 Å². The number of ether oxygens (including phenoxy) is 1. The van der Waals surface area contributed by atoms with Crippen molar-refractivity contribution in [2.24, 2.45) is 5.92 Å². The van der Waals surface area contributed by atoms with Crippen molar-refractivity contribution in [2.75, 3.05) is 18.0 Å². The molecular weight excluding hydrogens is 364 g/mol. The Labute approximate surface area is 164 Å². The number of carbonyl (C=O) groups excluding carboxylic acids is 2. The van der Waals surface area contributed by atoms with Crippen LogP contribution in [0.5, 0.6) is 0 Å². The number of amides is 2. The smallest absolute Gasteiger partial charge is 0.417 e. The van der Waals surface area contributed by atoms with Gasteiger partial charge in [0.05, 0.1) is 11.0 Å². The first-order chi connectivity index (χ1) is 13.0. The summed E-state index contributed by atoms with van der Waals surface area (Å²) < 4.78 is 5.46. The van der Waals surface area contributed by atoms with Crippen molar-refractivity contribution in [2.45, 2.75) is 59.1 Å². The maximum atomic E-state index is 12.8. The molecule has 9 nitrogen and oxygen atoms in total. The number of hydrogen-bond donors (Lipinski definition) is 0. The first-order valence-corrected chi connectivity index (χ1v) is 9.43. The van der Waals surface area contributed by atoms with Crippen LogP contribution in [0.1, 0.15) is 47.5 Å². The van der Waals surface area contributed by atoms with Crippen molar-refractivity contribution in [3.63, 3.8) is 0 Å². The Kier molecular flexibility index (Phi) is 6.58. The van der Waals surface area contributed by atoms with E-state index in [1.165, 1.54) is 17.3 Å². The standard InChI is InChI=1S/C19H28N4O5/c1-6-17(24)22(18(25)28-19(3,4)5)16-12-21(10-8-13(16)2)14-7-9-20-11-15(14)23(26)27/h7,9,11,13,16H,6,8,10,12H2,1-5H3/t13-,16+/m1/s1. The number of piperidine rings is 1. The lowest BCUT2D eigenvalue weighted by Gasteiger charge is -2.42. The van der Waals surface area contributed by atoms with E-state index in [2.05, 4.69) is 4.98 Å². The number of nitrogens with zero attached hydrogens (tertiary/aromatic N) is 4. The van der Waals surface area contributed by atoms with Gasteiger partial charge in [0.1, 0.15) is 17.5 Å². The van der Waals surface area contributed by atoms with E-state index in [0.29, 0.717) is 25.2 Å². The van der Waals surface area contributed by atoms with Gasteiger partial charge in [-0.1, -0.05) is 13.8 Å². The zero-order valence-electron chi connectivity index (χ0n) is 17.0. The number of imide groups is 1. The molecule has 1 aliphatic heterocycles. The molecule has 0 bridgehead atoms. The van der Waals surface area contributed by atoms with Crippen molar-refractivity contribution in [1.29, 1.82) is 0 Å². The molecule has 1 fully saturated rings. The summed E-state index contributed by atoms with van der Waals surface area (Å²) in [5, 5.41) is 11.4. The molecule has 2 rings (SSSR count). The SMILES string of the molecule is CCC(=O)N(C(=O)OC(C)(C)C)[C@H]1CN(c2ccncc2[N+](=O)[O-])CC[C@H]1C. The Morgan fingerprint density at radius 1 is 1.43 bits per heavy atom. The third-order valence-electron chi connectivity index (χ3n) is 4.73.